The molecule has 16 heavy (non-hydrogen) atoms. The van der Waals surface area contributed by atoms with Crippen LogP contribution in [0.3, 0.4) is 0 Å². The normalized spacial score (nSPS) is 11.3. The van der Waals surface area contributed by atoms with Gasteiger partial charge in [0.25, 0.3) is 0 Å². The van der Waals surface area contributed by atoms with Crippen molar-refractivity contribution < 1.29 is 4.74 Å². The minimum atomic E-state index is 0.728. The molecule has 0 atom stereocenters. The summed E-state index contributed by atoms with van der Waals surface area (Å²) in [6.45, 7) is 2.73. The van der Waals surface area contributed by atoms with Crippen LogP contribution in [0.15, 0.2) is 42.5 Å². The van der Waals surface area contributed by atoms with Gasteiger partial charge in [-0.3, -0.25) is 0 Å². The van der Waals surface area contributed by atoms with E-state index < -0.39 is 0 Å². The van der Waals surface area contributed by atoms with Gasteiger partial charge in [-0.25, -0.2) is 0 Å². The van der Waals surface area contributed by atoms with E-state index in [1.807, 2.05) is 19.1 Å². The van der Waals surface area contributed by atoms with E-state index in [0.29, 0.717) is 0 Å². The van der Waals surface area contributed by atoms with E-state index >= 15 is 0 Å². The number of benzene rings is 2. The number of hydrogen-bond donors (Lipinski definition) is 0. The summed E-state index contributed by atoms with van der Waals surface area (Å²) in [6.07, 6.45) is 1.04. The predicted molar refractivity (Wildman–Crippen MR) is 65.9 cm³/mol. The Morgan fingerprint density at radius 2 is 1.81 bits per heavy atom. The van der Waals surface area contributed by atoms with Crippen molar-refractivity contribution in [2.75, 3.05) is 6.61 Å². The van der Waals surface area contributed by atoms with Gasteiger partial charge in [0, 0.05) is 0 Å². The van der Waals surface area contributed by atoms with E-state index in [0.717, 1.165) is 18.8 Å². The van der Waals surface area contributed by atoms with Gasteiger partial charge in [-0.1, -0.05) is 30.3 Å². The van der Waals surface area contributed by atoms with Gasteiger partial charge >= 0.3 is 0 Å². The van der Waals surface area contributed by atoms with Gasteiger partial charge in [0.05, 0.1) is 6.61 Å². The lowest BCUT2D eigenvalue weighted by atomic mass is 9.84. The number of hydrogen-bond acceptors (Lipinski definition) is 1. The van der Waals surface area contributed by atoms with Crippen molar-refractivity contribution in [1.82, 2.24) is 0 Å². The molecule has 0 N–H and O–H groups in total. The summed E-state index contributed by atoms with van der Waals surface area (Å²) in [5, 5.41) is 0. The molecule has 0 amide bonds. The van der Waals surface area contributed by atoms with Crippen molar-refractivity contribution in [3.63, 3.8) is 0 Å². The average molecular weight is 210 g/mol. The number of fused-ring (bicyclic) bond motifs is 1. The van der Waals surface area contributed by atoms with Crippen LogP contribution in [-0.2, 0) is 6.42 Å². The highest BCUT2D eigenvalue weighted by molar-refractivity contribution is 5.81. The van der Waals surface area contributed by atoms with E-state index in [1.54, 1.807) is 0 Å². The first-order valence-electron chi connectivity index (χ1n) is 5.72. The largest absolute Gasteiger partial charge is 0.494 e. The monoisotopic (exact) mass is 210 g/mol. The van der Waals surface area contributed by atoms with Crippen LogP contribution in [0.4, 0.5) is 0 Å². The van der Waals surface area contributed by atoms with Gasteiger partial charge in [-0.05, 0) is 47.7 Å². The third-order valence-corrected chi connectivity index (χ3v) is 3.05. The molecule has 0 saturated heterocycles. The second-order valence-corrected chi connectivity index (χ2v) is 4.13. The van der Waals surface area contributed by atoms with Crippen LogP contribution in [0.5, 0.6) is 5.75 Å². The molecule has 1 aromatic carbocycles. The van der Waals surface area contributed by atoms with Crippen LogP contribution >= 0.6 is 0 Å². The van der Waals surface area contributed by atoms with Crippen LogP contribution in [0, 0.1) is 0 Å². The van der Waals surface area contributed by atoms with Gasteiger partial charge < -0.3 is 4.74 Å². The van der Waals surface area contributed by atoms with Crippen LogP contribution in [0.25, 0.3) is 11.1 Å². The van der Waals surface area contributed by atoms with E-state index in [2.05, 4.69) is 30.3 Å². The maximum atomic E-state index is 5.42. The molecule has 1 aromatic rings. The molecule has 0 aliphatic heterocycles. The molecule has 80 valence electrons. The molecule has 0 aromatic heterocycles. The highest BCUT2D eigenvalue weighted by Crippen LogP contribution is 2.37. The summed E-state index contributed by atoms with van der Waals surface area (Å²) in [5.74, 6) is 0.956. The minimum absolute atomic E-state index is 0.728. The maximum absolute atomic E-state index is 5.42. The third-order valence-electron chi connectivity index (χ3n) is 3.05. The molecule has 0 fully saturated rings. The fourth-order valence-electron chi connectivity index (χ4n) is 2.11. The van der Waals surface area contributed by atoms with Crippen molar-refractivity contribution in [3.05, 3.63) is 53.6 Å². The molecule has 3 rings (SSSR count). The van der Waals surface area contributed by atoms with Crippen LogP contribution in [0.2, 0.25) is 0 Å². The second kappa shape index (κ2) is 3.67. The summed E-state index contributed by atoms with van der Waals surface area (Å²) in [5.41, 5.74) is 5.68. The Morgan fingerprint density at radius 3 is 2.31 bits per heavy atom. The van der Waals surface area contributed by atoms with Gasteiger partial charge in [0.15, 0.2) is 0 Å². The number of rotatable bonds is 4. The first kappa shape index (κ1) is 9.46. The lowest BCUT2D eigenvalue weighted by Gasteiger charge is -2.21. The van der Waals surface area contributed by atoms with Gasteiger partial charge in [0.1, 0.15) is 5.75 Å². The highest BCUT2D eigenvalue weighted by atomic mass is 16.5. The molecule has 0 saturated carbocycles. The summed E-state index contributed by atoms with van der Waals surface area (Å²) in [4.78, 5) is 0. The molecule has 2 aliphatic carbocycles. The minimum Gasteiger partial charge on any atom is -0.494 e. The maximum Gasteiger partial charge on any atom is 0.119 e. The third kappa shape index (κ3) is 1.49. The molecule has 2 aliphatic rings. The van der Waals surface area contributed by atoms with Crippen molar-refractivity contribution in [1.29, 1.82) is 0 Å². The first-order chi connectivity index (χ1) is 7.86. The summed E-state index contributed by atoms with van der Waals surface area (Å²) < 4.78 is 5.42. The summed E-state index contributed by atoms with van der Waals surface area (Å²) in [7, 11) is 0. The molecule has 0 radical (unpaired) electrons. The molecule has 0 bridgehead atoms. The van der Waals surface area contributed by atoms with E-state index in [1.165, 1.54) is 22.3 Å². The van der Waals surface area contributed by atoms with E-state index in [9.17, 15) is 0 Å². The van der Waals surface area contributed by atoms with Crippen LogP contribution in [0.1, 0.15) is 18.1 Å². The summed E-state index contributed by atoms with van der Waals surface area (Å²) in [6, 6.07) is 15.0. The lowest BCUT2D eigenvalue weighted by molar-refractivity contribution is 0.340. The van der Waals surface area contributed by atoms with Crippen LogP contribution in [-0.4, -0.2) is 6.61 Å². The molecule has 0 spiro atoms. The van der Waals surface area contributed by atoms with E-state index in [4.69, 9.17) is 4.74 Å². The average Bonchev–Trinajstić information content (AvgIpc) is 2.28. The molecule has 1 nitrogen and oxygen atoms in total. The van der Waals surface area contributed by atoms with Crippen molar-refractivity contribution in [2.24, 2.45) is 0 Å². The Bertz CT molecular complexity index is 511. The predicted octanol–water partition coefficient (Wildman–Crippen LogP) is 3.66. The summed E-state index contributed by atoms with van der Waals surface area (Å²) >= 11 is 0. The zero-order chi connectivity index (χ0) is 11.0. The van der Waals surface area contributed by atoms with Crippen molar-refractivity contribution in [2.45, 2.75) is 13.3 Å². The first-order valence-corrected chi connectivity index (χ1v) is 5.72. The highest BCUT2D eigenvalue weighted by Gasteiger charge is 2.16. The number of ether oxygens (including phenoxy) is 1. The Kier molecular flexibility index (Phi) is 2.17. The standard InChI is InChI=1S/C15H14O/c1-2-16-14-6-3-11(4-7-14)9-13-10-12-5-8-15(12)13/h3-8,10H,2,9H2,1H3. The SMILES string of the molecule is CCOc1ccc(Cc2cc3ccc2-3)cc1. The molecular formula is C15H14O. The van der Waals surface area contributed by atoms with Gasteiger partial charge in [0.2, 0.25) is 0 Å². The van der Waals surface area contributed by atoms with Crippen molar-refractivity contribution >= 4 is 0 Å². The lowest BCUT2D eigenvalue weighted by Crippen LogP contribution is -2.01. The van der Waals surface area contributed by atoms with Crippen LogP contribution < -0.4 is 4.74 Å². The topological polar surface area (TPSA) is 9.23 Å². The molecule has 0 heterocycles. The fraction of sp³-hybridized carbons (Fsp3) is 0.200. The Balaban J connectivity index is 1.72. The molecular weight excluding hydrogens is 196 g/mol. The second-order valence-electron chi connectivity index (χ2n) is 4.13. The fourth-order valence-corrected chi connectivity index (χ4v) is 2.11. The quantitative estimate of drug-likeness (QED) is 0.638. The smallest absolute Gasteiger partial charge is 0.119 e. The zero-order valence-electron chi connectivity index (χ0n) is 9.36. The molecule has 1 heteroatoms. The zero-order valence-corrected chi connectivity index (χ0v) is 9.36. The van der Waals surface area contributed by atoms with Gasteiger partial charge in [-0.15, -0.1) is 0 Å². The van der Waals surface area contributed by atoms with Gasteiger partial charge in [-0.2, -0.15) is 0 Å². The molecule has 0 unspecified atom stereocenters. The Labute approximate surface area is 95.7 Å². The van der Waals surface area contributed by atoms with Crippen molar-refractivity contribution in [3.8, 4) is 16.9 Å². The van der Waals surface area contributed by atoms with E-state index in [-0.39, 0.29) is 0 Å². The Hall–Kier alpha value is -1.76. The Morgan fingerprint density at radius 1 is 1.00 bits per heavy atom.